The van der Waals surface area contributed by atoms with Gasteiger partial charge in [0.25, 0.3) is 0 Å². The lowest BCUT2D eigenvalue weighted by molar-refractivity contribution is 0.331. The zero-order valence-corrected chi connectivity index (χ0v) is 15.8. The van der Waals surface area contributed by atoms with E-state index in [1.807, 2.05) is 24.3 Å². The average Bonchev–Trinajstić information content (AvgIpc) is 2.58. The molecule has 0 atom stereocenters. The Bertz CT molecular complexity index is 910. The Hall–Kier alpha value is -2.51. The number of hydrogen-bond donors (Lipinski definition) is 0. The van der Waals surface area contributed by atoms with E-state index < -0.39 is 0 Å². The predicted octanol–water partition coefficient (Wildman–Crippen LogP) is 5.62. The summed E-state index contributed by atoms with van der Waals surface area (Å²) in [6, 6.07) is 14.2. The third kappa shape index (κ3) is 3.33. The molecule has 3 rings (SSSR count). The van der Waals surface area contributed by atoms with Crippen LogP contribution in [0.25, 0.3) is 0 Å². The van der Waals surface area contributed by atoms with Gasteiger partial charge in [-0.25, -0.2) is 0 Å². The van der Waals surface area contributed by atoms with Crippen molar-refractivity contribution in [3.05, 3.63) is 69.8 Å². The molecule has 25 heavy (non-hydrogen) atoms. The molecule has 126 valence electrons. The van der Waals surface area contributed by atoms with Crippen LogP contribution in [-0.4, -0.2) is 0 Å². The summed E-state index contributed by atoms with van der Waals surface area (Å²) in [7, 11) is 0. The summed E-state index contributed by atoms with van der Waals surface area (Å²) in [6.45, 7) is 11.5. The van der Waals surface area contributed by atoms with Crippen LogP contribution in [0.3, 0.4) is 0 Å². The van der Waals surface area contributed by atoms with Gasteiger partial charge in [-0.15, -0.1) is 0 Å². The quantitative estimate of drug-likeness (QED) is 0.576. The summed E-state index contributed by atoms with van der Waals surface area (Å²) in [5.41, 5.74) is 7.30. The first-order valence-electron chi connectivity index (χ1n) is 8.91. The maximum absolute atomic E-state index is 8.89. The molecule has 0 bridgehead atoms. The van der Waals surface area contributed by atoms with Gasteiger partial charge in [0.05, 0.1) is 11.6 Å². The van der Waals surface area contributed by atoms with Crippen LogP contribution < -0.4 is 0 Å². The van der Waals surface area contributed by atoms with Crippen molar-refractivity contribution < 1.29 is 0 Å². The molecule has 1 nitrogen and oxygen atoms in total. The highest BCUT2D eigenvalue weighted by Crippen LogP contribution is 2.46. The van der Waals surface area contributed by atoms with E-state index in [0.29, 0.717) is 5.56 Å². The van der Waals surface area contributed by atoms with Crippen molar-refractivity contribution in [3.63, 3.8) is 0 Å². The lowest BCUT2D eigenvalue weighted by atomic mass is 9.62. The first kappa shape index (κ1) is 17.3. The minimum absolute atomic E-state index is 0.198. The Balaban J connectivity index is 2.05. The molecule has 2 aromatic rings. The monoisotopic (exact) mass is 327 g/mol. The van der Waals surface area contributed by atoms with E-state index in [4.69, 9.17) is 5.26 Å². The molecule has 1 aliphatic carbocycles. The van der Waals surface area contributed by atoms with Crippen molar-refractivity contribution in [1.82, 2.24) is 0 Å². The third-order valence-electron chi connectivity index (χ3n) is 5.55. The lowest BCUT2D eigenvalue weighted by Crippen LogP contribution is -2.34. The summed E-state index contributed by atoms with van der Waals surface area (Å²) in [4.78, 5) is 0. The molecule has 0 aromatic heterocycles. The highest BCUT2D eigenvalue weighted by molar-refractivity contribution is 5.54. The van der Waals surface area contributed by atoms with Crippen LogP contribution in [0, 0.1) is 30.1 Å². The van der Waals surface area contributed by atoms with Crippen LogP contribution in [0.2, 0.25) is 0 Å². The molecule has 0 N–H and O–H groups in total. The van der Waals surface area contributed by atoms with Gasteiger partial charge in [-0.1, -0.05) is 45.6 Å². The fourth-order valence-corrected chi connectivity index (χ4v) is 3.62. The summed E-state index contributed by atoms with van der Waals surface area (Å²) in [6.07, 6.45) is 2.43. The molecule has 0 fully saturated rings. The minimum atomic E-state index is 0.198. The number of hydrogen-bond acceptors (Lipinski definition) is 1. The van der Waals surface area contributed by atoms with Crippen molar-refractivity contribution in [2.24, 2.45) is 0 Å². The molecular formula is C24H25N. The Labute approximate surface area is 151 Å². The van der Waals surface area contributed by atoms with Gasteiger partial charge in [0.2, 0.25) is 0 Å². The Morgan fingerprint density at radius 2 is 1.32 bits per heavy atom. The standard InChI is InChI=1S/C24H25N/c1-17-14-21-22(24(4,5)13-12-23(21,2)3)15-20(17)11-10-18-6-8-19(16-25)9-7-18/h6-9,14-15H,12-13H2,1-5H3. The first-order chi connectivity index (χ1) is 11.7. The molecule has 1 aliphatic rings. The molecule has 1 heteroatoms. The van der Waals surface area contributed by atoms with Crippen LogP contribution in [0.15, 0.2) is 36.4 Å². The number of benzene rings is 2. The zero-order chi connectivity index (χ0) is 18.2. The molecule has 0 unspecified atom stereocenters. The van der Waals surface area contributed by atoms with Crippen molar-refractivity contribution in [2.45, 2.75) is 58.3 Å². The smallest absolute Gasteiger partial charge is 0.0991 e. The predicted molar refractivity (Wildman–Crippen MR) is 104 cm³/mol. The zero-order valence-electron chi connectivity index (χ0n) is 15.8. The van der Waals surface area contributed by atoms with Crippen LogP contribution >= 0.6 is 0 Å². The van der Waals surface area contributed by atoms with Gasteiger partial charge in [-0.05, 0) is 77.6 Å². The van der Waals surface area contributed by atoms with E-state index in [9.17, 15) is 0 Å². The summed E-state index contributed by atoms with van der Waals surface area (Å²) >= 11 is 0. The third-order valence-corrected chi connectivity index (χ3v) is 5.55. The van der Waals surface area contributed by atoms with Gasteiger partial charge in [0.1, 0.15) is 0 Å². The van der Waals surface area contributed by atoms with Crippen LogP contribution in [0.1, 0.15) is 73.9 Å². The van der Waals surface area contributed by atoms with Crippen LogP contribution in [-0.2, 0) is 10.8 Å². The Kier molecular flexibility index (Phi) is 4.22. The number of aryl methyl sites for hydroxylation is 1. The molecule has 0 saturated heterocycles. The maximum atomic E-state index is 8.89. The topological polar surface area (TPSA) is 23.8 Å². The van der Waals surface area contributed by atoms with Gasteiger partial charge in [-0.2, -0.15) is 5.26 Å². The molecule has 2 aromatic carbocycles. The normalized spacial score (nSPS) is 17.0. The molecular weight excluding hydrogens is 302 g/mol. The van der Waals surface area contributed by atoms with Gasteiger partial charge in [0.15, 0.2) is 0 Å². The first-order valence-corrected chi connectivity index (χ1v) is 8.91. The number of nitrogens with zero attached hydrogens (tertiary/aromatic N) is 1. The molecule has 0 amide bonds. The lowest BCUT2D eigenvalue weighted by Gasteiger charge is -2.42. The van der Waals surface area contributed by atoms with E-state index >= 15 is 0 Å². The van der Waals surface area contributed by atoms with Crippen molar-refractivity contribution >= 4 is 0 Å². The fourth-order valence-electron chi connectivity index (χ4n) is 3.62. The average molecular weight is 327 g/mol. The second-order valence-electron chi connectivity index (χ2n) is 8.42. The fraction of sp³-hybridized carbons (Fsp3) is 0.375. The molecule has 0 saturated carbocycles. The van der Waals surface area contributed by atoms with Gasteiger partial charge < -0.3 is 0 Å². The minimum Gasteiger partial charge on any atom is -0.192 e. The Morgan fingerprint density at radius 1 is 0.800 bits per heavy atom. The molecule has 0 radical (unpaired) electrons. The number of fused-ring (bicyclic) bond motifs is 1. The van der Waals surface area contributed by atoms with E-state index in [1.54, 1.807) is 0 Å². The van der Waals surface area contributed by atoms with Crippen LogP contribution in [0.5, 0.6) is 0 Å². The second-order valence-corrected chi connectivity index (χ2v) is 8.42. The summed E-state index contributed by atoms with van der Waals surface area (Å²) in [5, 5.41) is 8.89. The van der Waals surface area contributed by atoms with E-state index in [1.165, 1.54) is 29.5 Å². The highest BCUT2D eigenvalue weighted by Gasteiger charge is 2.37. The second kappa shape index (κ2) is 6.09. The SMILES string of the molecule is Cc1cc2c(cc1C#Cc1ccc(C#N)cc1)C(C)(C)CCC2(C)C. The summed E-state index contributed by atoms with van der Waals surface area (Å²) in [5.74, 6) is 6.60. The van der Waals surface area contributed by atoms with E-state index in [-0.39, 0.29) is 10.8 Å². The van der Waals surface area contributed by atoms with Crippen LogP contribution in [0.4, 0.5) is 0 Å². The molecule has 0 aliphatic heterocycles. The van der Waals surface area contributed by atoms with Gasteiger partial charge >= 0.3 is 0 Å². The van der Waals surface area contributed by atoms with Crippen molar-refractivity contribution in [1.29, 1.82) is 5.26 Å². The maximum Gasteiger partial charge on any atom is 0.0991 e. The van der Waals surface area contributed by atoms with Gasteiger partial charge in [-0.3, -0.25) is 0 Å². The van der Waals surface area contributed by atoms with Gasteiger partial charge in [0, 0.05) is 11.1 Å². The highest BCUT2D eigenvalue weighted by atomic mass is 14.4. The van der Waals surface area contributed by atoms with Crippen molar-refractivity contribution in [2.75, 3.05) is 0 Å². The Morgan fingerprint density at radius 3 is 1.88 bits per heavy atom. The molecule has 0 heterocycles. The van der Waals surface area contributed by atoms with Crippen molar-refractivity contribution in [3.8, 4) is 17.9 Å². The number of rotatable bonds is 0. The van der Waals surface area contributed by atoms with E-state index in [0.717, 1.165) is 11.1 Å². The molecule has 0 spiro atoms. The number of nitriles is 1. The van der Waals surface area contributed by atoms with E-state index in [2.05, 4.69) is 64.7 Å². The summed E-state index contributed by atoms with van der Waals surface area (Å²) < 4.78 is 0. The largest absolute Gasteiger partial charge is 0.192 e.